The average molecular weight is 2210 g/mol. The summed E-state index contributed by atoms with van der Waals surface area (Å²) in [5.74, 6) is -0.378. The molecule has 21 aromatic rings. The molecule has 0 radical (unpaired) electrons. The van der Waals surface area contributed by atoms with E-state index in [1.54, 1.807) is 81.1 Å². The number of fused-ring (bicyclic) bond motifs is 16. The standard InChI is InChI=1S/C17H15N5S.C15H14Cl2N4O.C15H15ClN4O2.C10H8ClN5.C10H7ClN4O.C10H7ClN2O3.C10H9ClN2O.C7H8S.C6H3Cl2NO2/c1-9-5-7-10(8-6-9)23-12-4-2-3-11-13(12)14-15(18)21-17(19)22-16(14)20-11;1-15(2,3)13(22)21-14-19-11(17)10-9-7(16)5-4-6-8(9)18-12(10)20-14;1-15(2,3)13(22)20-14-18-11-10(12(21)19-14)9-7(16)5-4-6-8(9)17-11;11-4-2-1-3-5-6(4)7-8(12)15-10(13)16-9(7)14-5;11-4-2-1-3-5-6(4)7-8(13-5)14-10(12)15-9(7)16;1-6(14)7(5-12)10-8(11)3-2-4-9(10)13(15)16;1-5(14)8-9-6(11)3-2-4-7(9)13-10(8)12;1-6-2-4-7(8)5-3-6;7-4-2-1-3-5(6(4)8)9(10)11/h2-8H,1H3,(H5,18,19,20,21,22);4-6H,1-3H3,(H2,18,19,20,21,22);4-6H,1-3H3,(H3,17,18,19,20,21,22);1-3H,(H5,12,13,14,15,16);1-3H,(H4,12,13,14,15,16);2-4,7H,1H3;2-4,13H,12H2,1H3;2-5,8H,1H3;1-3H. The van der Waals surface area contributed by atoms with Gasteiger partial charge in [0.2, 0.25) is 41.6 Å². The first-order valence-electron chi connectivity index (χ1n) is 43.7. The summed E-state index contributed by atoms with van der Waals surface area (Å²) in [7, 11) is 0. The molecule has 37 nitrogen and oxygen atoms in total. The van der Waals surface area contributed by atoms with Gasteiger partial charge in [-0.2, -0.15) is 45.1 Å². The Hall–Kier alpha value is -15.6. The highest BCUT2D eigenvalue weighted by atomic mass is 35.5. The number of aromatic nitrogens is 16. The summed E-state index contributed by atoms with van der Waals surface area (Å²) in [4.78, 5) is 150. The molecule has 756 valence electrons. The molecule has 1 atom stereocenters. The topological polar surface area (TPSA) is 622 Å². The van der Waals surface area contributed by atoms with Crippen LogP contribution in [0.2, 0.25) is 45.3 Å². The maximum Gasteiger partial charge on any atom is 0.289 e. The predicted molar refractivity (Wildman–Crippen MR) is 598 cm³/mol. The molecule has 0 spiro atoms. The number of aryl methyl sites for hydroxylation is 2. The second kappa shape index (κ2) is 46.4. The number of carbonyl (C=O) groups is 4. The Balaban J connectivity index is 0.000000141. The number of nitro benzene ring substituents is 2. The van der Waals surface area contributed by atoms with Gasteiger partial charge in [-0.1, -0.05) is 242 Å². The average Bonchev–Trinajstić information content (AvgIpc) is 1.62. The minimum absolute atomic E-state index is 0.0147. The number of Topliss-reactive ketones (excluding diaryl/α,β-unsaturated/α-hetero) is 2. The van der Waals surface area contributed by atoms with Crippen molar-refractivity contribution >= 4 is 331 Å². The highest BCUT2D eigenvalue weighted by Crippen LogP contribution is 2.43. The Morgan fingerprint density at radius 2 is 0.797 bits per heavy atom. The van der Waals surface area contributed by atoms with Crippen molar-refractivity contribution in [1.82, 2.24) is 79.7 Å². The number of aromatic amines is 8. The Bertz CT molecular complexity index is 8950. The first-order chi connectivity index (χ1) is 70.0. The molecular formula is C100H86Cl9N27O10S2. The number of amides is 2. The van der Waals surface area contributed by atoms with Gasteiger partial charge in [-0.25, -0.2) is 0 Å². The molecule has 0 bridgehead atoms. The number of H-pyrrole nitrogens is 8. The fourth-order valence-corrected chi connectivity index (χ4v) is 18.1. The van der Waals surface area contributed by atoms with Gasteiger partial charge in [0, 0.05) is 103 Å². The van der Waals surface area contributed by atoms with Crippen LogP contribution in [0.3, 0.4) is 0 Å². The first-order valence-corrected chi connectivity index (χ1v) is 48.4. The van der Waals surface area contributed by atoms with Crippen LogP contribution in [-0.4, -0.2) is 113 Å². The molecule has 11 heterocycles. The fraction of sp³-hybridized carbons (Fsp3) is 0.130. The molecule has 10 aromatic carbocycles. The molecule has 0 saturated carbocycles. The Morgan fingerprint density at radius 1 is 0.419 bits per heavy atom. The van der Waals surface area contributed by atoms with Gasteiger partial charge < -0.3 is 64.3 Å². The number of hydrogen-bond donors (Lipinski definition) is 17. The molecule has 22 N–H and O–H groups in total. The molecule has 2 amide bonds. The molecule has 0 aliphatic rings. The quantitative estimate of drug-likeness (QED) is 0.0210. The van der Waals surface area contributed by atoms with Crippen molar-refractivity contribution in [3.8, 4) is 6.07 Å². The molecule has 1 unspecified atom stereocenters. The van der Waals surface area contributed by atoms with Crippen LogP contribution in [0, 0.1) is 56.2 Å². The van der Waals surface area contributed by atoms with Gasteiger partial charge >= 0.3 is 0 Å². The van der Waals surface area contributed by atoms with Crippen molar-refractivity contribution in [3.05, 3.63) is 303 Å². The van der Waals surface area contributed by atoms with Crippen LogP contribution in [0.4, 0.5) is 58.6 Å². The number of nitrogens with two attached hydrogens (primary N) is 6. The first kappa shape index (κ1) is 110. The SMILES string of the molecule is CC(=O)C(C#N)c1c(Cl)cccc1[N+](=O)[O-].CC(=O)c1c(N)[nH]c2cccc(Cl)c12.CC(C)(C)C(=O)Nc1nc(Cl)c2c(n1)[nH]c1cccc(Cl)c12.CC(C)(C)C(=O)Nc1nc2[nH]c3cccc(Cl)c3c2c(=O)[nH]1.Cc1ccc(S)cc1.Cc1ccc(Sc2cccc3[nH]c4nc(N)nc(N)c4c23)cc1.Nc1nc(N)c2c(n1)[nH]c1cccc(Cl)c12.Nc1nc2[nH]c3cccc(Cl)c3c2c(=O)[nH]1.O=[N+]([O-])c1cccc(Cl)c1Cl. The normalized spacial score (nSPS) is 11.3. The maximum atomic E-state index is 12.3. The van der Waals surface area contributed by atoms with Crippen LogP contribution in [0.1, 0.15) is 88.4 Å². The van der Waals surface area contributed by atoms with Gasteiger partial charge in [0.25, 0.3) is 22.5 Å². The molecule has 0 aliphatic heterocycles. The summed E-state index contributed by atoms with van der Waals surface area (Å²) in [6.45, 7) is 17.6. The van der Waals surface area contributed by atoms with Gasteiger partial charge in [0.1, 0.15) is 61.8 Å². The number of nitro groups is 2. The summed E-state index contributed by atoms with van der Waals surface area (Å²) in [5, 5.41) is 46.0. The lowest BCUT2D eigenvalue weighted by Crippen LogP contribution is -2.29. The zero-order chi connectivity index (χ0) is 108. The smallest absolute Gasteiger partial charge is 0.289 e. The van der Waals surface area contributed by atoms with Gasteiger partial charge in [-0.05, 0) is 137 Å². The number of anilines is 8. The predicted octanol–water partition coefficient (Wildman–Crippen LogP) is 25.0. The highest BCUT2D eigenvalue weighted by molar-refractivity contribution is 7.99. The van der Waals surface area contributed by atoms with E-state index in [0.29, 0.717) is 109 Å². The van der Waals surface area contributed by atoms with E-state index >= 15 is 0 Å². The number of nitriles is 1. The van der Waals surface area contributed by atoms with Crippen molar-refractivity contribution in [2.45, 2.75) is 89.8 Å². The number of thiol groups is 1. The van der Waals surface area contributed by atoms with E-state index in [0.717, 1.165) is 69.8 Å². The lowest BCUT2D eigenvalue weighted by molar-refractivity contribution is -0.385. The Kier molecular flexibility index (Phi) is 34.4. The summed E-state index contributed by atoms with van der Waals surface area (Å²) in [6.07, 6.45) is 0. The molecule has 0 fully saturated rings. The van der Waals surface area contributed by atoms with E-state index < -0.39 is 32.4 Å². The number of hydrogen-bond acceptors (Lipinski definition) is 27. The zero-order valence-electron chi connectivity index (χ0n) is 79.3. The number of ketones is 2. The third-order valence-corrected chi connectivity index (χ3v) is 26.0. The number of rotatable bonds is 9. The summed E-state index contributed by atoms with van der Waals surface area (Å²) in [6, 6.07) is 59.7. The third kappa shape index (κ3) is 25.2. The van der Waals surface area contributed by atoms with E-state index in [9.17, 15) is 49.0 Å². The Labute approximate surface area is 892 Å². The maximum absolute atomic E-state index is 12.3. The van der Waals surface area contributed by atoms with Gasteiger partial charge in [-0.3, -0.25) is 69.6 Å². The number of carbonyl (C=O) groups excluding carboxylic acids is 4. The third-order valence-electron chi connectivity index (χ3n) is 21.7. The number of nitrogens with zero attached hydrogens (tertiary/aromatic N) is 11. The summed E-state index contributed by atoms with van der Waals surface area (Å²) < 4.78 is 0. The van der Waals surface area contributed by atoms with Crippen LogP contribution in [-0.2, 0) is 14.4 Å². The van der Waals surface area contributed by atoms with E-state index in [-0.39, 0.29) is 95.6 Å². The lowest BCUT2D eigenvalue weighted by Gasteiger charge is -2.16. The number of benzene rings is 10. The molecule has 0 aliphatic carbocycles. The molecular weight excluding hydrogens is 2120 g/mol. The molecule has 48 heteroatoms. The number of nitrogens with one attached hydrogen (secondary N) is 10. The zero-order valence-corrected chi connectivity index (χ0v) is 87.8. The van der Waals surface area contributed by atoms with Gasteiger partial charge in [0.15, 0.2) is 11.6 Å². The van der Waals surface area contributed by atoms with Gasteiger partial charge in [0.05, 0.1) is 89.1 Å². The molecule has 11 aromatic heterocycles. The van der Waals surface area contributed by atoms with Crippen LogP contribution >= 0.6 is 129 Å². The van der Waals surface area contributed by atoms with Crippen LogP contribution in [0.15, 0.2) is 218 Å². The van der Waals surface area contributed by atoms with E-state index in [1.807, 2.05) is 106 Å². The number of halogens is 9. The monoisotopic (exact) mass is 2200 g/mol. The highest BCUT2D eigenvalue weighted by Gasteiger charge is 2.30. The Morgan fingerprint density at radius 3 is 1.24 bits per heavy atom. The van der Waals surface area contributed by atoms with E-state index in [2.05, 4.69) is 147 Å². The van der Waals surface area contributed by atoms with Crippen molar-refractivity contribution < 1.29 is 29.0 Å². The largest absolute Gasteiger partial charge is 0.385 e. The molecule has 148 heavy (non-hydrogen) atoms. The minimum Gasteiger partial charge on any atom is -0.385 e. The van der Waals surface area contributed by atoms with Crippen molar-refractivity contribution in [3.63, 3.8) is 0 Å². The van der Waals surface area contributed by atoms with Crippen molar-refractivity contribution in [2.75, 3.05) is 45.0 Å². The second-order valence-corrected chi connectivity index (χ2v) is 39.7. The minimum atomic E-state index is -1.20. The van der Waals surface area contributed by atoms with E-state index in [1.165, 1.54) is 66.3 Å². The fourth-order valence-electron chi connectivity index (χ4n) is 14.7. The number of nitrogen functional groups attached to an aromatic ring is 6. The second-order valence-electron chi connectivity index (χ2n) is 34.4. The summed E-state index contributed by atoms with van der Waals surface area (Å²) in [5.41, 5.74) is 42.6. The van der Waals surface area contributed by atoms with Crippen molar-refractivity contribution in [2.24, 2.45) is 10.8 Å². The van der Waals surface area contributed by atoms with Crippen LogP contribution in [0.25, 0.3) is 121 Å². The lowest BCUT2D eigenvalue weighted by atomic mass is 9.95. The molecule has 0 saturated heterocycles. The van der Waals surface area contributed by atoms with Crippen molar-refractivity contribution in [1.29, 1.82) is 5.26 Å². The van der Waals surface area contributed by atoms with Crippen LogP contribution in [0.5, 0.6) is 0 Å². The van der Waals surface area contributed by atoms with Gasteiger partial charge in [-0.15, -0.1) is 12.6 Å². The molecule has 21 rings (SSSR count). The summed E-state index contributed by atoms with van der Waals surface area (Å²) >= 11 is 59.5. The van der Waals surface area contributed by atoms with Crippen LogP contribution < -0.4 is 56.2 Å². The van der Waals surface area contributed by atoms with E-state index in [4.69, 9.17) is 144 Å².